The number of rotatable bonds is 9. The van der Waals surface area contributed by atoms with Crippen molar-refractivity contribution in [2.75, 3.05) is 13.2 Å². The van der Waals surface area contributed by atoms with E-state index in [4.69, 9.17) is 5.11 Å². The second-order valence-corrected chi connectivity index (χ2v) is 5.63. The number of nitrogens with one attached hydrogen (secondary N) is 1. The lowest BCUT2D eigenvalue weighted by atomic mass is 9.89. The molecule has 0 aliphatic heterocycles. The van der Waals surface area contributed by atoms with Gasteiger partial charge in [-0.25, -0.2) is 0 Å². The zero-order chi connectivity index (χ0) is 13.3. The number of amides is 1. The normalized spacial score (nSPS) is 11.9. The Morgan fingerprint density at radius 1 is 1.24 bits per heavy atom. The first-order valence-electron chi connectivity index (χ1n) is 6.85. The zero-order valence-electron chi connectivity index (χ0n) is 11.9. The van der Waals surface area contributed by atoms with E-state index in [1.54, 1.807) is 0 Å². The predicted octanol–water partition coefficient (Wildman–Crippen LogP) is 2.73. The fraction of sp³-hybridized carbons (Fsp3) is 0.929. The van der Waals surface area contributed by atoms with Crippen LogP contribution in [0.25, 0.3) is 0 Å². The maximum Gasteiger partial charge on any atom is 0.223 e. The second-order valence-electron chi connectivity index (χ2n) is 5.63. The Bertz CT molecular complexity index is 208. The lowest BCUT2D eigenvalue weighted by molar-refractivity contribution is -0.126. The summed E-state index contributed by atoms with van der Waals surface area (Å²) >= 11 is 0. The molecule has 3 heteroatoms. The number of carbonyl (C=O) groups excluding carboxylic acids is 1. The van der Waals surface area contributed by atoms with Crippen LogP contribution < -0.4 is 5.32 Å². The number of aliphatic hydroxyl groups excluding tert-OH is 1. The van der Waals surface area contributed by atoms with Crippen molar-refractivity contribution in [3.63, 3.8) is 0 Å². The number of hydrogen-bond donors (Lipinski definition) is 2. The van der Waals surface area contributed by atoms with Crippen molar-refractivity contribution >= 4 is 5.91 Å². The SMILES string of the molecule is CCCC(CCC)C(=O)NCC(C)(C)CCO. The van der Waals surface area contributed by atoms with E-state index in [0.29, 0.717) is 6.54 Å². The van der Waals surface area contributed by atoms with Crippen LogP contribution >= 0.6 is 0 Å². The van der Waals surface area contributed by atoms with Gasteiger partial charge in [0.25, 0.3) is 0 Å². The Hall–Kier alpha value is -0.570. The summed E-state index contributed by atoms with van der Waals surface area (Å²) in [6, 6.07) is 0. The first-order valence-corrected chi connectivity index (χ1v) is 6.85. The van der Waals surface area contributed by atoms with Crippen molar-refractivity contribution in [3.05, 3.63) is 0 Å². The van der Waals surface area contributed by atoms with Gasteiger partial charge in [0.1, 0.15) is 0 Å². The molecule has 0 rings (SSSR count). The highest BCUT2D eigenvalue weighted by Gasteiger charge is 2.21. The van der Waals surface area contributed by atoms with Crippen LogP contribution in [-0.2, 0) is 4.79 Å². The Morgan fingerprint density at radius 3 is 2.18 bits per heavy atom. The quantitative estimate of drug-likeness (QED) is 0.654. The molecule has 0 aromatic heterocycles. The van der Waals surface area contributed by atoms with Crippen LogP contribution in [0.1, 0.15) is 59.8 Å². The standard InChI is InChI=1S/C14H29NO2/c1-5-7-12(8-6-2)13(17)15-11-14(3,4)9-10-16/h12,16H,5-11H2,1-4H3,(H,15,17). The third-order valence-electron chi connectivity index (χ3n) is 3.17. The molecule has 17 heavy (non-hydrogen) atoms. The van der Waals surface area contributed by atoms with Gasteiger partial charge >= 0.3 is 0 Å². The first kappa shape index (κ1) is 16.4. The van der Waals surface area contributed by atoms with Crippen LogP contribution in [0.2, 0.25) is 0 Å². The largest absolute Gasteiger partial charge is 0.396 e. The van der Waals surface area contributed by atoms with Gasteiger partial charge in [-0.2, -0.15) is 0 Å². The van der Waals surface area contributed by atoms with Crippen LogP contribution in [0, 0.1) is 11.3 Å². The molecule has 102 valence electrons. The van der Waals surface area contributed by atoms with Crippen molar-refractivity contribution < 1.29 is 9.90 Å². The molecule has 0 saturated carbocycles. The molecular weight excluding hydrogens is 214 g/mol. The summed E-state index contributed by atoms with van der Waals surface area (Å²) in [6.45, 7) is 9.19. The average Bonchev–Trinajstić information content (AvgIpc) is 2.26. The summed E-state index contributed by atoms with van der Waals surface area (Å²) in [5, 5.41) is 12.0. The summed E-state index contributed by atoms with van der Waals surface area (Å²) < 4.78 is 0. The molecule has 0 spiro atoms. The summed E-state index contributed by atoms with van der Waals surface area (Å²) in [5.74, 6) is 0.342. The first-order chi connectivity index (χ1) is 7.96. The molecule has 0 aromatic carbocycles. The van der Waals surface area contributed by atoms with Crippen LogP contribution in [0.15, 0.2) is 0 Å². The van der Waals surface area contributed by atoms with E-state index in [1.807, 2.05) is 0 Å². The topological polar surface area (TPSA) is 49.3 Å². The molecular formula is C14H29NO2. The molecule has 0 aliphatic carbocycles. The molecule has 0 aliphatic rings. The molecule has 0 saturated heterocycles. The monoisotopic (exact) mass is 243 g/mol. The molecule has 1 amide bonds. The number of aliphatic hydroxyl groups is 1. The van der Waals surface area contributed by atoms with Crippen molar-refractivity contribution in [2.24, 2.45) is 11.3 Å². The van der Waals surface area contributed by atoms with E-state index in [0.717, 1.165) is 32.1 Å². The van der Waals surface area contributed by atoms with E-state index in [9.17, 15) is 4.79 Å². The van der Waals surface area contributed by atoms with Crippen LogP contribution in [0.3, 0.4) is 0 Å². The van der Waals surface area contributed by atoms with Gasteiger partial charge in [0.05, 0.1) is 0 Å². The number of hydrogen-bond acceptors (Lipinski definition) is 2. The van der Waals surface area contributed by atoms with Gasteiger partial charge in [0.15, 0.2) is 0 Å². The van der Waals surface area contributed by atoms with Gasteiger partial charge in [-0.15, -0.1) is 0 Å². The minimum Gasteiger partial charge on any atom is -0.396 e. The molecule has 0 atom stereocenters. The van der Waals surface area contributed by atoms with Crippen molar-refractivity contribution in [3.8, 4) is 0 Å². The lowest BCUT2D eigenvalue weighted by Gasteiger charge is -2.25. The molecule has 0 heterocycles. The fourth-order valence-corrected chi connectivity index (χ4v) is 1.97. The Balaban J connectivity index is 4.12. The van der Waals surface area contributed by atoms with Crippen molar-refractivity contribution in [2.45, 2.75) is 59.8 Å². The summed E-state index contributed by atoms with van der Waals surface area (Å²) in [5.41, 5.74) is -0.0204. The average molecular weight is 243 g/mol. The second kappa shape index (κ2) is 8.51. The van der Waals surface area contributed by atoms with Crippen molar-refractivity contribution in [1.82, 2.24) is 5.32 Å². The molecule has 2 N–H and O–H groups in total. The van der Waals surface area contributed by atoms with Gasteiger partial charge in [-0.05, 0) is 24.7 Å². The molecule has 3 nitrogen and oxygen atoms in total. The van der Waals surface area contributed by atoms with E-state index in [1.165, 1.54) is 0 Å². The van der Waals surface area contributed by atoms with E-state index >= 15 is 0 Å². The van der Waals surface area contributed by atoms with E-state index in [2.05, 4.69) is 33.0 Å². The van der Waals surface area contributed by atoms with Crippen LogP contribution in [0.4, 0.5) is 0 Å². The summed E-state index contributed by atoms with van der Waals surface area (Å²) in [7, 11) is 0. The van der Waals surface area contributed by atoms with Crippen LogP contribution in [0.5, 0.6) is 0 Å². The smallest absolute Gasteiger partial charge is 0.223 e. The van der Waals surface area contributed by atoms with Gasteiger partial charge in [0.2, 0.25) is 5.91 Å². The van der Waals surface area contributed by atoms with Gasteiger partial charge in [0, 0.05) is 19.1 Å². The Kier molecular flexibility index (Phi) is 8.23. The minimum absolute atomic E-state index is 0.0204. The Morgan fingerprint density at radius 2 is 1.76 bits per heavy atom. The molecule has 0 unspecified atom stereocenters. The fourth-order valence-electron chi connectivity index (χ4n) is 1.97. The maximum absolute atomic E-state index is 12.0. The van der Waals surface area contributed by atoms with E-state index < -0.39 is 0 Å². The van der Waals surface area contributed by atoms with Crippen molar-refractivity contribution in [1.29, 1.82) is 0 Å². The highest BCUT2D eigenvalue weighted by Crippen LogP contribution is 2.19. The minimum atomic E-state index is -0.0204. The number of carbonyl (C=O) groups is 1. The van der Waals surface area contributed by atoms with Gasteiger partial charge < -0.3 is 10.4 Å². The Labute approximate surface area is 106 Å². The third-order valence-corrected chi connectivity index (χ3v) is 3.17. The lowest BCUT2D eigenvalue weighted by Crippen LogP contribution is -2.38. The predicted molar refractivity (Wildman–Crippen MR) is 71.8 cm³/mol. The third kappa shape index (κ3) is 7.37. The van der Waals surface area contributed by atoms with Gasteiger partial charge in [-0.1, -0.05) is 40.5 Å². The highest BCUT2D eigenvalue weighted by molar-refractivity contribution is 5.78. The molecule has 0 fully saturated rings. The molecule has 0 aromatic rings. The molecule has 0 radical (unpaired) electrons. The summed E-state index contributed by atoms with van der Waals surface area (Å²) in [4.78, 5) is 12.0. The highest BCUT2D eigenvalue weighted by atomic mass is 16.3. The summed E-state index contributed by atoms with van der Waals surface area (Å²) in [6.07, 6.45) is 4.77. The molecule has 0 bridgehead atoms. The van der Waals surface area contributed by atoms with Crippen LogP contribution in [-0.4, -0.2) is 24.2 Å². The van der Waals surface area contributed by atoms with Gasteiger partial charge in [-0.3, -0.25) is 4.79 Å². The maximum atomic E-state index is 12.0. The zero-order valence-corrected chi connectivity index (χ0v) is 11.9. The van der Waals surface area contributed by atoms with E-state index in [-0.39, 0.29) is 23.8 Å².